The molecule has 5 rings (SSSR count). The molecule has 1 aromatic carbocycles. The normalized spacial score (nSPS) is 18.1. The second-order valence-electron chi connectivity index (χ2n) is 8.04. The molecule has 0 aliphatic carbocycles. The van der Waals surface area contributed by atoms with E-state index in [-0.39, 0.29) is 24.3 Å². The summed E-state index contributed by atoms with van der Waals surface area (Å²) in [5, 5.41) is 8.10. The highest BCUT2D eigenvalue weighted by atomic mass is 16.6. The number of amides is 2. The molecule has 1 saturated heterocycles. The van der Waals surface area contributed by atoms with Gasteiger partial charge in [0.25, 0.3) is 0 Å². The minimum atomic E-state index is -0.449. The van der Waals surface area contributed by atoms with E-state index in [1.54, 1.807) is 29.4 Å². The standard InChI is InChI=1S/C22H23N5O4/c1-13(2)27-21-14(10-24-27)7-16(11-23-21)25-22(29)15-8-20(28)26(12-15)17-3-4-18-19(9-17)31-6-5-30-18/h3-4,7,9-11,13,15H,5-6,8,12H2,1-2H3,(H,25,29). The van der Waals surface area contributed by atoms with E-state index in [9.17, 15) is 9.59 Å². The molecular formula is C22H23N5O4. The van der Waals surface area contributed by atoms with Crippen molar-refractivity contribution in [1.82, 2.24) is 14.8 Å². The van der Waals surface area contributed by atoms with E-state index in [2.05, 4.69) is 15.4 Å². The molecule has 1 unspecified atom stereocenters. The molecule has 9 heteroatoms. The summed E-state index contributed by atoms with van der Waals surface area (Å²) < 4.78 is 13.0. The van der Waals surface area contributed by atoms with Crippen LogP contribution in [0.4, 0.5) is 11.4 Å². The van der Waals surface area contributed by atoms with Crippen molar-refractivity contribution in [2.24, 2.45) is 5.92 Å². The van der Waals surface area contributed by atoms with Gasteiger partial charge in [-0.1, -0.05) is 0 Å². The molecule has 0 radical (unpaired) electrons. The molecule has 160 valence electrons. The zero-order valence-electron chi connectivity index (χ0n) is 17.4. The van der Waals surface area contributed by atoms with Crippen LogP contribution in [-0.2, 0) is 9.59 Å². The Morgan fingerprint density at radius 3 is 2.77 bits per heavy atom. The van der Waals surface area contributed by atoms with Crippen LogP contribution in [0.2, 0.25) is 0 Å². The number of nitrogens with one attached hydrogen (secondary N) is 1. The van der Waals surface area contributed by atoms with Gasteiger partial charge in [0.05, 0.1) is 24.0 Å². The van der Waals surface area contributed by atoms with Crippen LogP contribution < -0.4 is 19.7 Å². The summed E-state index contributed by atoms with van der Waals surface area (Å²) in [5.41, 5.74) is 2.06. The van der Waals surface area contributed by atoms with Crippen molar-refractivity contribution < 1.29 is 19.1 Å². The summed E-state index contributed by atoms with van der Waals surface area (Å²) in [4.78, 5) is 31.5. The molecule has 0 spiro atoms. The lowest BCUT2D eigenvalue weighted by Gasteiger charge is -2.22. The largest absolute Gasteiger partial charge is 0.486 e. The summed E-state index contributed by atoms with van der Waals surface area (Å²) in [6, 6.07) is 7.44. The summed E-state index contributed by atoms with van der Waals surface area (Å²) in [6.45, 7) is 5.37. The molecule has 1 N–H and O–H groups in total. The van der Waals surface area contributed by atoms with Gasteiger partial charge in [-0.15, -0.1) is 0 Å². The van der Waals surface area contributed by atoms with Crippen LogP contribution in [-0.4, -0.2) is 46.3 Å². The Kier molecular flexibility index (Phi) is 4.72. The minimum absolute atomic E-state index is 0.0939. The van der Waals surface area contributed by atoms with E-state index in [1.165, 1.54) is 0 Å². The third-order valence-electron chi connectivity index (χ3n) is 5.52. The summed E-state index contributed by atoms with van der Waals surface area (Å²) in [6.07, 6.45) is 3.51. The van der Waals surface area contributed by atoms with Crippen molar-refractivity contribution in [3.8, 4) is 11.5 Å². The van der Waals surface area contributed by atoms with Crippen LogP contribution in [0.15, 0.2) is 36.7 Å². The zero-order chi connectivity index (χ0) is 21.5. The predicted molar refractivity (Wildman–Crippen MR) is 114 cm³/mol. The Balaban J connectivity index is 1.29. The fourth-order valence-electron chi connectivity index (χ4n) is 3.96. The maximum Gasteiger partial charge on any atom is 0.229 e. The first-order chi connectivity index (χ1) is 15.0. The van der Waals surface area contributed by atoms with Gasteiger partial charge in [-0.05, 0) is 32.0 Å². The zero-order valence-corrected chi connectivity index (χ0v) is 17.4. The monoisotopic (exact) mass is 421 g/mol. The van der Waals surface area contributed by atoms with E-state index in [4.69, 9.17) is 9.47 Å². The van der Waals surface area contributed by atoms with Crippen molar-refractivity contribution in [1.29, 1.82) is 0 Å². The van der Waals surface area contributed by atoms with Gasteiger partial charge in [0, 0.05) is 36.1 Å². The lowest BCUT2D eigenvalue weighted by molar-refractivity contribution is -0.122. The lowest BCUT2D eigenvalue weighted by Crippen LogP contribution is -2.28. The first-order valence-electron chi connectivity index (χ1n) is 10.3. The summed E-state index contributed by atoms with van der Waals surface area (Å²) >= 11 is 0. The summed E-state index contributed by atoms with van der Waals surface area (Å²) in [7, 11) is 0. The highest BCUT2D eigenvalue weighted by Crippen LogP contribution is 2.36. The van der Waals surface area contributed by atoms with E-state index in [1.807, 2.05) is 30.7 Å². The number of carbonyl (C=O) groups excluding carboxylic acids is 2. The topological polar surface area (TPSA) is 98.6 Å². The SMILES string of the molecule is CC(C)n1ncc2cc(NC(=O)C3CC(=O)N(c4ccc5c(c4)OCCO5)C3)cnc21. The molecule has 2 aliphatic rings. The Bertz CT molecular complexity index is 1170. The molecule has 1 atom stereocenters. The van der Waals surface area contributed by atoms with Gasteiger partial charge in [0.1, 0.15) is 13.2 Å². The number of pyridine rings is 1. The number of aromatic nitrogens is 3. The van der Waals surface area contributed by atoms with Gasteiger partial charge in [0.2, 0.25) is 11.8 Å². The molecule has 2 amide bonds. The van der Waals surface area contributed by atoms with Crippen molar-refractivity contribution in [2.75, 3.05) is 30.0 Å². The number of hydrogen-bond donors (Lipinski definition) is 1. The molecule has 0 bridgehead atoms. The number of benzene rings is 1. The van der Waals surface area contributed by atoms with Crippen LogP contribution in [0.5, 0.6) is 11.5 Å². The van der Waals surface area contributed by atoms with Gasteiger partial charge < -0.3 is 19.7 Å². The van der Waals surface area contributed by atoms with Crippen molar-refractivity contribution >= 4 is 34.2 Å². The molecule has 9 nitrogen and oxygen atoms in total. The summed E-state index contributed by atoms with van der Waals surface area (Å²) in [5.74, 6) is 0.537. The van der Waals surface area contributed by atoms with Gasteiger partial charge in [-0.3, -0.25) is 9.59 Å². The van der Waals surface area contributed by atoms with Crippen molar-refractivity contribution in [2.45, 2.75) is 26.3 Å². The molecule has 31 heavy (non-hydrogen) atoms. The fraction of sp³-hybridized carbons (Fsp3) is 0.364. The quantitative estimate of drug-likeness (QED) is 0.696. The molecule has 3 aromatic rings. The third kappa shape index (κ3) is 3.56. The first kappa shape index (κ1) is 19.3. The molecule has 0 saturated carbocycles. The fourth-order valence-corrected chi connectivity index (χ4v) is 3.96. The second kappa shape index (κ2) is 7.57. The molecule has 1 fully saturated rings. The van der Waals surface area contributed by atoms with E-state index in [0.29, 0.717) is 42.6 Å². The number of ether oxygens (including phenoxy) is 2. The average molecular weight is 421 g/mol. The maximum absolute atomic E-state index is 12.8. The maximum atomic E-state index is 12.8. The van der Waals surface area contributed by atoms with Crippen LogP contribution in [0.25, 0.3) is 11.0 Å². The van der Waals surface area contributed by atoms with Crippen LogP contribution in [0, 0.1) is 5.92 Å². The Morgan fingerprint density at radius 1 is 1.16 bits per heavy atom. The number of carbonyl (C=O) groups is 2. The van der Waals surface area contributed by atoms with Gasteiger partial charge >= 0.3 is 0 Å². The van der Waals surface area contributed by atoms with Crippen LogP contribution in [0.3, 0.4) is 0 Å². The second-order valence-corrected chi connectivity index (χ2v) is 8.04. The highest BCUT2D eigenvalue weighted by Gasteiger charge is 2.35. The molecule has 4 heterocycles. The molecule has 2 aromatic heterocycles. The van der Waals surface area contributed by atoms with Gasteiger partial charge in [-0.2, -0.15) is 5.10 Å². The minimum Gasteiger partial charge on any atom is -0.486 e. The number of rotatable bonds is 4. The highest BCUT2D eigenvalue weighted by molar-refractivity contribution is 6.04. The van der Waals surface area contributed by atoms with Gasteiger partial charge in [0.15, 0.2) is 17.1 Å². The Morgan fingerprint density at radius 2 is 1.97 bits per heavy atom. The smallest absolute Gasteiger partial charge is 0.229 e. The molecular weight excluding hydrogens is 398 g/mol. The Labute approximate surface area is 178 Å². The average Bonchev–Trinajstić information content (AvgIpc) is 3.37. The number of hydrogen-bond acceptors (Lipinski definition) is 6. The van der Waals surface area contributed by atoms with E-state index in [0.717, 1.165) is 11.0 Å². The number of nitrogens with zero attached hydrogens (tertiary/aromatic N) is 4. The number of anilines is 2. The Hall–Kier alpha value is -3.62. The number of fused-ring (bicyclic) bond motifs is 2. The van der Waals surface area contributed by atoms with Crippen LogP contribution >= 0.6 is 0 Å². The first-order valence-corrected chi connectivity index (χ1v) is 10.3. The van der Waals surface area contributed by atoms with Crippen molar-refractivity contribution in [3.63, 3.8) is 0 Å². The molecule has 2 aliphatic heterocycles. The van der Waals surface area contributed by atoms with Crippen LogP contribution in [0.1, 0.15) is 26.3 Å². The predicted octanol–water partition coefficient (Wildman–Crippen LogP) is 2.78. The van der Waals surface area contributed by atoms with E-state index >= 15 is 0 Å². The third-order valence-corrected chi connectivity index (χ3v) is 5.52. The lowest BCUT2D eigenvalue weighted by atomic mass is 10.1. The van der Waals surface area contributed by atoms with E-state index < -0.39 is 5.92 Å². The van der Waals surface area contributed by atoms with Gasteiger partial charge in [-0.25, -0.2) is 9.67 Å². The van der Waals surface area contributed by atoms with Crippen molar-refractivity contribution in [3.05, 3.63) is 36.7 Å².